The number of nitrogens with zero attached hydrogens (tertiary/aromatic N) is 3. The molecule has 4 rings (SSSR count). The molecule has 3 aromatic carbocycles. The average molecular weight is 487 g/mol. The maximum absolute atomic E-state index is 12.7. The third-order valence-corrected chi connectivity index (χ3v) is 6.47. The molecule has 180 valence electrons. The van der Waals surface area contributed by atoms with E-state index in [4.69, 9.17) is 4.74 Å². The van der Waals surface area contributed by atoms with Gasteiger partial charge in [-0.3, -0.25) is 9.36 Å². The Morgan fingerprint density at radius 3 is 2.51 bits per heavy atom. The molecule has 1 amide bonds. The first-order chi connectivity index (χ1) is 17.0. The fourth-order valence-electron chi connectivity index (χ4n) is 3.70. The highest BCUT2D eigenvalue weighted by molar-refractivity contribution is 7.99. The molecule has 0 bridgehead atoms. The third-order valence-electron chi connectivity index (χ3n) is 5.54. The zero-order chi connectivity index (χ0) is 24.6. The molecule has 0 unspecified atom stereocenters. The Bertz CT molecular complexity index is 1270. The number of nitrogens with one attached hydrogen (secondary N) is 1. The molecule has 35 heavy (non-hydrogen) atoms. The molecule has 0 saturated carbocycles. The summed E-state index contributed by atoms with van der Waals surface area (Å²) in [6.45, 7) is 6.43. The second-order valence-corrected chi connectivity index (χ2v) is 9.35. The molecule has 0 saturated heterocycles. The van der Waals surface area contributed by atoms with E-state index in [1.54, 1.807) is 0 Å². The van der Waals surface area contributed by atoms with Crippen molar-refractivity contribution in [2.75, 3.05) is 11.1 Å². The van der Waals surface area contributed by atoms with Crippen LogP contribution in [0, 0.1) is 13.8 Å². The van der Waals surface area contributed by atoms with Gasteiger partial charge in [-0.1, -0.05) is 67.6 Å². The Morgan fingerprint density at radius 1 is 1.00 bits per heavy atom. The first-order valence-electron chi connectivity index (χ1n) is 11.7. The molecule has 0 aliphatic heterocycles. The van der Waals surface area contributed by atoms with Crippen LogP contribution >= 0.6 is 11.8 Å². The van der Waals surface area contributed by atoms with Gasteiger partial charge in [0, 0.05) is 11.4 Å². The predicted molar refractivity (Wildman–Crippen MR) is 141 cm³/mol. The van der Waals surface area contributed by atoms with Crippen LogP contribution in [-0.4, -0.2) is 26.4 Å². The molecule has 4 aromatic rings. The van der Waals surface area contributed by atoms with Gasteiger partial charge >= 0.3 is 0 Å². The first-order valence-corrected chi connectivity index (χ1v) is 12.7. The van der Waals surface area contributed by atoms with Crippen molar-refractivity contribution in [2.24, 2.45) is 0 Å². The maximum Gasteiger partial charge on any atom is 0.234 e. The van der Waals surface area contributed by atoms with E-state index in [1.807, 2.05) is 79.1 Å². The highest BCUT2D eigenvalue weighted by atomic mass is 32.2. The number of hydrogen-bond acceptors (Lipinski definition) is 5. The lowest BCUT2D eigenvalue weighted by molar-refractivity contribution is -0.113. The second-order valence-electron chi connectivity index (χ2n) is 8.41. The van der Waals surface area contributed by atoms with E-state index in [2.05, 4.69) is 34.6 Å². The van der Waals surface area contributed by atoms with Crippen molar-refractivity contribution in [1.29, 1.82) is 0 Å². The SMILES string of the molecule is CCCc1ccc(OCc2nnc(SCC(=O)Nc3cc(C)ccc3C)n2-c2ccccc2)cc1. The summed E-state index contributed by atoms with van der Waals surface area (Å²) in [4.78, 5) is 12.7. The number of benzene rings is 3. The normalized spacial score (nSPS) is 10.8. The third kappa shape index (κ3) is 6.51. The second kappa shape index (κ2) is 11.7. The largest absolute Gasteiger partial charge is 0.486 e. The van der Waals surface area contributed by atoms with E-state index in [0.717, 1.165) is 41.1 Å². The monoisotopic (exact) mass is 486 g/mol. The smallest absolute Gasteiger partial charge is 0.234 e. The average Bonchev–Trinajstić information content (AvgIpc) is 3.28. The van der Waals surface area contributed by atoms with Crippen molar-refractivity contribution in [3.8, 4) is 11.4 Å². The molecule has 0 aliphatic carbocycles. The summed E-state index contributed by atoms with van der Waals surface area (Å²) in [5, 5.41) is 12.4. The van der Waals surface area contributed by atoms with Crippen molar-refractivity contribution in [1.82, 2.24) is 14.8 Å². The van der Waals surface area contributed by atoms with E-state index in [9.17, 15) is 4.79 Å². The number of ether oxygens (including phenoxy) is 1. The molecular weight excluding hydrogens is 456 g/mol. The van der Waals surface area contributed by atoms with Crippen LogP contribution in [0.5, 0.6) is 5.75 Å². The molecule has 0 fully saturated rings. The molecule has 0 aliphatic rings. The lowest BCUT2D eigenvalue weighted by Crippen LogP contribution is -2.15. The summed E-state index contributed by atoms with van der Waals surface area (Å²) < 4.78 is 7.96. The molecule has 6 nitrogen and oxygen atoms in total. The highest BCUT2D eigenvalue weighted by Crippen LogP contribution is 2.24. The van der Waals surface area contributed by atoms with Gasteiger partial charge in [0.05, 0.1) is 5.75 Å². The molecule has 1 N–H and O–H groups in total. The van der Waals surface area contributed by atoms with Crippen molar-refractivity contribution >= 4 is 23.4 Å². The van der Waals surface area contributed by atoms with Crippen LogP contribution in [0.25, 0.3) is 5.69 Å². The van der Waals surface area contributed by atoms with Crippen LogP contribution < -0.4 is 10.1 Å². The van der Waals surface area contributed by atoms with Crippen LogP contribution in [0.1, 0.15) is 35.9 Å². The number of hydrogen-bond donors (Lipinski definition) is 1. The Hall–Kier alpha value is -3.58. The van der Waals surface area contributed by atoms with Crippen LogP contribution in [0.15, 0.2) is 78.0 Å². The molecule has 7 heteroatoms. The van der Waals surface area contributed by atoms with E-state index in [0.29, 0.717) is 11.0 Å². The van der Waals surface area contributed by atoms with Gasteiger partial charge in [0.15, 0.2) is 11.0 Å². The number of carbonyl (C=O) groups is 1. The molecular formula is C28H30N4O2S. The molecule has 0 atom stereocenters. The number of rotatable bonds is 10. The van der Waals surface area contributed by atoms with Crippen molar-refractivity contribution in [2.45, 2.75) is 45.4 Å². The lowest BCUT2D eigenvalue weighted by Gasteiger charge is -2.12. The van der Waals surface area contributed by atoms with Crippen LogP contribution in [0.3, 0.4) is 0 Å². The lowest BCUT2D eigenvalue weighted by atomic mass is 10.1. The summed E-state index contributed by atoms with van der Waals surface area (Å²) in [5.74, 6) is 1.59. The fraction of sp³-hybridized carbons (Fsp3) is 0.250. The fourth-order valence-corrected chi connectivity index (χ4v) is 4.47. The Morgan fingerprint density at radius 2 is 1.77 bits per heavy atom. The standard InChI is InChI=1S/C28H30N4O2S/c1-4-8-22-13-15-24(16-14-22)34-18-26-30-31-28(32(26)23-9-6-5-7-10-23)35-19-27(33)29-25-17-20(2)11-12-21(25)3/h5-7,9-17H,4,8,18-19H2,1-3H3,(H,29,33). The van der Waals surface area contributed by atoms with Gasteiger partial charge in [0.25, 0.3) is 0 Å². The summed E-state index contributed by atoms with van der Waals surface area (Å²) in [6.07, 6.45) is 2.17. The van der Waals surface area contributed by atoms with Crippen molar-refractivity contribution < 1.29 is 9.53 Å². The zero-order valence-corrected chi connectivity index (χ0v) is 21.1. The van der Waals surface area contributed by atoms with E-state index in [-0.39, 0.29) is 18.3 Å². The van der Waals surface area contributed by atoms with Gasteiger partial charge in [-0.2, -0.15) is 0 Å². The maximum atomic E-state index is 12.7. The zero-order valence-electron chi connectivity index (χ0n) is 20.3. The number of thioether (sulfide) groups is 1. The Kier molecular flexibility index (Phi) is 8.21. The van der Waals surface area contributed by atoms with Gasteiger partial charge in [-0.25, -0.2) is 0 Å². The molecule has 0 spiro atoms. The molecule has 1 heterocycles. The van der Waals surface area contributed by atoms with Gasteiger partial charge < -0.3 is 10.1 Å². The predicted octanol–water partition coefficient (Wildman–Crippen LogP) is 6.15. The van der Waals surface area contributed by atoms with Gasteiger partial charge in [-0.05, 0) is 67.3 Å². The van der Waals surface area contributed by atoms with Gasteiger partial charge in [0.1, 0.15) is 12.4 Å². The first kappa shape index (κ1) is 24.5. The number of aryl methyl sites for hydroxylation is 3. The summed E-state index contributed by atoms with van der Waals surface area (Å²) in [5.41, 5.74) is 5.19. The topological polar surface area (TPSA) is 69.0 Å². The minimum Gasteiger partial charge on any atom is -0.486 e. The highest BCUT2D eigenvalue weighted by Gasteiger charge is 2.17. The van der Waals surface area contributed by atoms with Crippen LogP contribution in [-0.2, 0) is 17.8 Å². The van der Waals surface area contributed by atoms with Gasteiger partial charge in [-0.15, -0.1) is 10.2 Å². The number of amides is 1. The Balaban J connectivity index is 1.47. The van der Waals surface area contributed by atoms with Gasteiger partial charge in [0.2, 0.25) is 5.91 Å². The summed E-state index contributed by atoms with van der Waals surface area (Å²) in [7, 11) is 0. The van der Waals surface area contributed by atoms with Crippen LogP contribution in [0.2, 0.25) is 0 Å². The van der Waals surface area contributed by atoms with Crippen molar-refractivity contribution in [3.05, 3.63) is 95.3 Å². The summed E-state index contributed by atoms with van der Waals surface area (Å²) in [6, 6.07) is 24.1. The Labute approximate surface area is 210 Å². The number of anilines is 1. The summed E-state index contributed by atoms with van der Waals surface area (Å²) >= 11 is 1.35. The molecule has 1 aromatic heterocycles. The minimum atomic E-state index is -0.0868. The molecule has 0 radical (unpaired) electrons. The quantitative estimate of drug-likeness (QED) is 0.272. The minimum absolute atomic E-state index is 0.0868. The van der Waals surface area contributed by atoms with E-state index < -0.39 is 0 Å². The number of carbonyl (C=O) groups excluding carboxylic acids is 1. The number of para-hydroxylation sites is 1. The van der Waals surface area contributed by atoms with E-state index >= 15 is 0 Å². The van der Waals surface area contributed by atoms with Crippen molar-refractivity contribution in [3.63, 3.8) is 0 Å². The number of aromatic nitrogens is 3. The van der Waals surface area contributed by atoms with E-state index in [1.165, 1.54) is 17.3 Å². The van der Waals surface area contributed by atoms with Crippen LogP contribution in [0.4, 0.5) is 5.69 Å².